The Balaban J connectivity index is 1.37. The molecule has 2 amide bonds. The maximum Gasteiger partial charge on any atom is 0.251 e. The van der Waals surface area contributed by atoms with Crippen molar-refractivity contribution in [1.82, 2.24) is 10.2 Å². The van der Waals surface area contributed by atoms with Crippen LogP contribution in [0.4, 0.5) is 4.39 Å². The van der Waals surface area contributed by atoms with E-state index in [1.54, 1.807) is 18.2 Å². The molecule has 6 heteroatoms. The normalized spacial score (nSPS) is 13.6. The second-order valence-electron chi connectivity index (χ2n) is 6.88. The summed E-state index contributed by atoms with van der Waals surface area (Å²) in [6.07, 6.45) is 3.10. The first-order valence-electron chi connectivity index (χ1n) is 9.65. The minimum atomic E-state index is -0.286. The highest BCUT2D eigenvalue weighted by atomic mass is 19.1. The van der Waals surface area contributed by atoms with Crippen LogP contribution in [0.2, 0.25) is 0 Å². The van der Waals surface area contributed by atoms with Gasteiger partial charge in [0, 0.05) is 31.6 Å². The molecule has 0 atom stereocenters. The molecule has 2 aromatic carbocycles. The molecular weight excluding hydrogens is 359 g/mol. The summed E-state index contributed by atoms with van der Waals surface area (Å²) in [6.45, 7) is 2.41. The summed E-state index contributed by atoms with van der Waals surface area (Å²) in [5.41, 5.74) is 1.57. The van der Waals surface area contributed by atoms with Gasteiger partial charge >= 0.3 is 0 Å². The maximum atomic E-state index is 12.8. The fourth-order valence-electron chi connectivity index (χ4n) is 3.15. The van der Waals surface area contributed by atoms with Crippen LogP contribution in [0.25, 0.3) is 0 Å². The molecule has 0 radical (unpaired) electrons. The van der Waals surface area contributed by atoms with Gasteiger partial charge in [-0.25, -0.2) is 4.39 Å². The Kier molecular flexibility index (Phi) is 7.00. The number of rotatable bonds is 9. The number of halogens is 1. The molecule has 1 heterocycles. The third kappa shape index (κ3) is 5.81. The molecular formula is C22H25FN2O3. The van der Waals surface area contributed by atoms with Crippen molar-refractivity contribution >= 4 is 11.8 Å². The predicted octanol–water partition coefficient (Wildman–Crippen LogP) is 3.54. The zero-order valence-electron chi connectivity index (χ0n) is 15.8. The van der Waals surface area contributed by atoms with E-state index in [4.69, 9.17) is 4.74 Å². The zero-order valence-corrected chi connectivity index (χ0v) is 15.8. The number of likely N-dealkylation sites (tertiary alicyclic amines) is 1. The lowest BCUT2D eigenvalue weighted by Gasteiger charge is -2.16. The van der Waals surface area contributed by atoms with E-state index in [0.29, 0.717) is 37.4 Å². The van der Waals surface area contributed by atoms with Gasteiger partial charge in [-0.05, 0) is 61.2 Å². The van der Waals surface area contributed by atoms with Gasteiger partial charge in [-0.2, -0.15) is 0 Å². The third-order valence-electron chi connectivity index (χ3n) is 4.67. The highest BCUT2D eigenvalue weighted by Gasteiger charge is 2.20. The lowest BCUT2D eigenvalue weighted by molar-refractivity contribution is -0.128. The fraction of sp³-hybridized carbons (Fsp3) is 0.364. The number of benzene rings is 2. The Morgan fingerprint density at radius 2 is 1.96 bits per heavy atom. The van der Waals surface area contributed by atoms with Crippen molar-refractivity contribution < 1.29 is 18.7 Å². The zero-order chi connectivity index (χ0) is 19.8. The van der Waals surface area contributed by atoms with E-state index in [0.717, 1.165) is 31.4 Å². The van der Waals surface area contributed by atoms with Crippen LogP contribution in [-0.4, -0.2) is 36.4 Å². The van der Waals surface area contributed by atoms with E-state index in [-0.39, 0.29) is 17.6 Å². The van der Waals surface area contributed by atoms with Crippen molar-refractivity contribution in [3.63, 3.8) is 0 Å². The number of hydrogen-bond donors (Lipinski definition) is 1. The summed E-state index contributed by atoms with van der Waals surface area (Å²) in [5, 5.41) is 2.91. The standard InChI is InChI=1S/C22H25FN2O3/c23-19-8-10-20(11-9-19)28-14-2-1-12-24-22(27)18-6-3-5-17(15-18)16-25-13-4-7-21(25)26/h3,5-6,8-11,15H,1-2,4,7,12-14,16H2,(H,24,27). The van der Waals surface area contributed by atoms with Crippen molar-refractivity contribution in [1.29, 1.82) is 0 Å². The Morgan fingerprint density at radius 1 is 1.14 bits per heavy atom. The van der Waals surface area contributed by atoms with Crippen LogP contribution in [0.3, 0.4) is 0 Å². The van der Waals surface area contributed by atoms with Crippen molar-refractivity contribution in [2.75, 3.05) is 19.7 Å². The van der Waals surface area contributed by atoms with Crippen LogP contribution >= 0.6 is 0 Å². The van der Waals surface area contributed by atoms with E-state index in [1.807, 2.05) is 23.1 Å². The second kappa shape index (κ2) is 9.88. The van der Waals surface area contributed by atoms with E-state index >= 15 is 0 Å². The Hall–Kier alpha value is -2.89. The van der Waals surface area contributed by atoms with E-state index in [9.17, 15) is 14.0 Å². The van der Waals surface area contributed by atoms with Crippen LogP contribution in [-0.2, 0) is 11.3 Å². The van der Waals surface area contributed by atoms with E-state index in [1.165, 1.54) is 12.1 Å². The maximum absolute atomic E-state index is 12.8. The van der Waals surface area contributed by atoms with Crippen LogP contribution in [0, 0.1) is 5.82 Å². The molecule has 0 bridgehead atoms. The van der Waals surface area contributed by atoms with Crippen molar-refractivity contribution in [3.8, 4) is 5.75 Å². The molecule has 5 nitrogen and oxygen atoms in total. The smallest absolute Gasteiger partial charge is 0.251 e. The number of hydrogen-bond acceptors (Lipinski definition) is 3. The predicted molar refractivity (Wildman–Crippen MR) is 105 cm³/mol. The number of amides is 2. The summed E-state index contributed by atoms with van der Waals surface area (Å²) < 4.78 is 18.4. The molecule has 1 N–H and O–H groups in total. The first-order chi connectivity index (χ1) is 13.6. The molecule has 1 fully saturated rings. The van der Waals surface area contributed by atoms with Gasteiger partial charge in [0.1, 0.15) is 11.6 Å². The molecule has 148 valence electrons. The van der Waals surface area contributed by atoms with Gasteiger partial charge in [0.15, 0.2) is 0 Å². The second-order valence-corrected chi connectivity index (χ2v) is 6.88. The summed E-state index contributed by atoms with van der Waals surface area (Å²) in [5.74, 6) is 0.414. The summed E-state index contributed by atoms with van der Waals surface area (Å²) in [4.78, 5) is 25.9. The molecule has 2 aromatic rings. The molecule has 1 aliphatic heterocycles. The highest BCUT2D eigenvalue weighted by molar-refractivity contribution is 5.94. The third-order valence-corrected chi connectivity index (χ3v) is 4.67. The molecule has 0 spiro atoms. The molecule has 0 aromatic heterocycles. The SMILES string of the molecule is O=C(NCCCCOc1ccc(F)cc1)c1cccc(CN2CCCC2=O)c1. The summed E-state index contributed by atoms with van der Waals surface area (Å²) >= 11 is 0. The average molecular weight is 384 g/mol. The first kappa shape index (κ1) is 19.9. The molecule has 28 heavy (non-hydrogen) atoms. The minimum Gasteiger partial charge on any atom is -0.494 e. The van der Waals surface area contributed by atoms with Gasteiger partial charge in [0.25, 0.3) is 5.91 Å². The monoisotopic (exact) mass is 384 g/mol. The molecule has 0 saturated carbocycles. The number of carbonyl (C=O) groups is 2. The number of ether oxygens (including phenoxy) is 1. The number of nitrogens with zero attached hydrogens (tertiary/aromatic N) is 1. The fourth-order valence-corrected chi connectivity index (χ4v) is 3.15. The van der Waals surface area contributed by atoms with Crippen LogP contribution in [0.5, 0.6) is 5.75 Å². The van der Waals surface area contributed by atoms with Gasteiger partial charge in [-0.15, -0.1) is 0 Å². The van der Waals surface area contributed by atoms with E-state index in [2.05, 4.69) is 5.32 Å². The first-order valence-corrected chi connectivity index (χ1v) is 9.65. The van der Waals surface area contributed by atoms with Gasteiger partial charge in [0.05, 0.1) is 6.61 Å². The summed E-state index contributed by atoms with van der Waals surface area (Å²) in [7, 11) is 0. The molecule has 0 aliphatic carbocycles. The number of nitrogens with one attached hydrogen (secondary N) is 1. The quantitative estimate of drug-likeness (QED) is 0.673. The number of carbonyl (C=O) groups excluding carboxylic acids is 2. The lowest BCUT2D eigenvalue weighted by atomic mass is 10.1. The number of unbranched alkanes of at least 4 members (excludes halogenated alkanes) is 1. The topological polar surface area (TPSA) is 58.6 Å². The molecule has 1 saturated heterocycles. The van der Waals surface area contributed by atoms with Gasteiger partial charge in [-0.3, -0.25) is 9.59 Å². The summed E-state index contributed by atoms with van der Waals surface area (Å²) in [6, 6.07) is 13.3. The van der Waals surface area contributed by atoms with Crippen molar-refractivity contribution in [2.45, 2.75) is 32.2 Å². The van der Waals surface area contributed by atoms with Gasteiger partial charge in [0.2, 0.25) is 5.91 Å². The average Bonchev–Trinajstić information content (AvgIpc) is 3.10. The lowest BCUT2D eigenvalue weighted by Crippen LogP contribution is -2.26. The highest BCUT2D eigenvalue weighted by Crippen LogP contribution is 2.15. The van der Waals surface area contributed by atoms with Crippen molar-refractivity contribution in [2.24, 2.45) is 0 Å². The van der Waals surface area contributed by atoms with E-state index < -0.39 is 0 Å². The van der Waals surface area contributed by atoms with Crippen LogP contribution < -0.4 is 10.1 Å². The molecule has 0 unspecified atom stereocenters. The molecule has 3 rings (SSSR count). The van der Waals surface area contributed by atoms with Crippen molar-refractivity contribution in [3.05, 3.63) is 65.5 Å². The molecule has 1 aliphatic rings. The minimum absolute atomic E-state index is 0.117. The Morgan fingerprint density at radius 3 is 2.71 bits per heavy atom. The van der Waals surface area contributed by atoms with Crippen LogP contribution in [0.15, 0.2) is 48.5 Å². The van der Waals surface area contributed by atoms with Crippen LogP contribution in [0.1, 0.15) is 41.6 Å². The van der Waals surface area contributed by atoms with Gasteiger partial charge < -0.3 is 15.0 Å². The Labute approximate surface area is 164 Å². The largest absolute Gasteiger partial charge is 0.494 e. The van der Waals surface area contributed by atoms with Gasteiger partial charge in [-0.1, -0.05) is 12.1 Å². The Bertz CT molecular complexity index is 808.